The fourth-order valence-electron chi connectivity index (χ4n) is 3.90. The van der Waals surface area contributed by atoms with Gasteiger partial charge in [0.15, 0.2) is 0 Å². The summed E-state index contributed by atoms with van der Waals surface area (Å²) in [5, 5.41) is 0. The fraction of sp³-hybridized carbons (Fsp3) is 0.778. The maximum Gasteiger partial charge on any atom is 0.416 e. The Kier molecular flexibility index (Phi) is 15.0. The SMILES string of the molecule is CCCCCCCCC(Cc1ccc(C(F)(F)F)cc1)C(OCCC)(OCCC)OCCC. The molecule has 6 heteroatoms. The number of unbranched alkanes of at least 4 members (excludes halogenated alkanes) is 5. The highest BCUT2D eigenvalue weighted by Crippen LogP contribution is 2.35. The van der Waals surface area contributed by atoms with Gasteiger partial charge in [-0.1, -0.05) is 78.4 Å². The first kappa shape index (κ1) is 29.9. The van der Waals surface area contributed by atoms with Crippen LogP contribution in [-0.4, -0.2) is 25.8 Å². The van der Waals surface area contributed by atoms with E-state index in [4.69, 9.17) is 14.2 Å². The van der Waals surface area contributed by atoms with Crippen LogP contribution in [0.25, 0.3) is 0 Å². The number of rotatable bonds is 19. The Labute approximate surface area is 199 Å². The van der Waals surface area contributed by atoms with Gasteiger partial charge in [-0.05, 0) is 49.8 Å². The second kappa shape index (κ2) is 16.5. The molecule has 3 nitrogen and oxygen atoms in total. The van der Waals surface area contributed by atoms with Crippen LogP contribution in [0, 0.1) is 5.92 Å². The normalized spacial score (nSPS) is 13.4. The molecule has 0 heterocycles. The number of alkyl halides is 3. The fourth-order valence-corrected chi connectivity index (χ4v) is 3.90. The standard InChI is InChI=1S/C27H45F3O3/c1-5-9-10-11-12-13-14-25(22-23-15-17-24(18-16-23)26(28,29)30)27(31-19-6-2,32-20-7-3)33-21-8-4/h15-18,25H,5-14,19-22H2,1-4H3. The first-order chi connectivity index (χ1) is 15.8. The van der Waals surface area contributed by atoms with Crippen LogP contribution in [-0.2, 0) is 26.8 Å². The van der Waals surface area contributed by atoms with E-state index in [-0.39, 0.29) is 5.92 Å². The summed E-state index contributed by atoms with van der Waals surface area (Å²) in [5.41, 5.74) is 0.209. The van der Waals surface area contributed by atoms with Gasteiger partial charge in [0.1, 0.15) is 0 Å². The summed E-state index contributed by atoms with van der Waals surface area (Å²) in [5.74, 6) is -1.28. The molecule has 0 spiro atoms. The zero-order valence-corrected chi connectivity index (χ0v) is 21.1. The minimum Gasteiger partial charge on any atom is -0.327 e. The molecule has 0 fully saturated rings. The molecule has 0 saturated heterocycles. The van der Waals surface area contributed by atoms with E-state index in [1.54, 1.807) is 12.1 Å². The van der Waals surface area contributed by atoms with Crippen molar-refractivity contribution in [2.45, 2.75) is 110 Å². The monoisotopic (exact) mass is 474 g/mol. The molecule has 0 aliphatic heterocycles. The van der Waals surface area contributed by atoms with Gasteiger partial charge in [0.2, 0.25) is 0 Å². The molecule has 0 N–H and O–H groups in total. The molecule has 0 bridgehead atoms. The van der Waals surface area contributed by atoms with Crippen LogP contribution in [0.15, 0.2) is 24.3 Å². The molecule has 1 aromatic rings. The highest BCUT2D eigenvalue weighted by atomic mass is 19.4. The van der Waals surface area contributed by atoms with Crippen molar-refractivity contribution >= 4 is 0 Å². The van der Waals surface area contributed by atoms with Crippen LogP contribution in [0.3, 0.4) is 0 Å². The molecule has 1 rings (SSSR count). The Balaban J connectivity index is 3.11. The highest BCUT2D eigenvalue weighted by Gasteiger charge is 2.42. The van der Waals surface area contributed by atoms with Gasteiger partial charge in [0.25, 0.3) is 5.97 Å². The highest BCUT2D eigenvalue weighted by molar-refractivity contribution is 5.25. The van der Waals surface area contributed by atoms with Crippen LogP contribution in [0.2, 0.25) is 0 Å². The Morgan fingerprint density at radius 2 is 1.15 bits per heavy atom. The largest absolute Gasteiger partial charge is 0.416 e. The average molecular weight is 475 g/mol. The van der Waals surface area contributed by atoms with Gasteiger partial charge < -0.3 is 14.2 Å². The molecular weight excluding hydrogens is 429 g/mol. The molecule has 0 saturated carbocycles. The number of benzene rings is 1. The Hall–Kier alpha value is -1.11. The van der Waals surface area contributed by atoms with Crippen molar-refractivity contribution in [2.24, 2.45) is 5.92 Å². The van der Waals surface area contributed by atoms with Crippen LogP contribution >= 0.6 is 0 Å². The molecule has 33 heavy (non-hydrogen) atoms. The van der Waals surface area contributed by atoms with E-state index < -0.39 is 17.7 Å². The Morgan fingerprint density at radius 1 is 0.667 bits per heavy atom. The lowest BCUT2D eigenvalue weighted by Gasteiger charge is -2.40. The van der Waals surface area contributed by atoms with Crippen LogP contribution in [0.4, 0.5) is 13.2 Å². The number of halogens is 3. The smallest absolute Gasteiger partial charge is 0.327 e. The van der Waals surface area contributed by atoms with E-state index in [0.717, 1.165) is 56.2 Å². The number of hydrogen-bond acceptors (Lipinski definition) is 3. The lowest BCUT2D eigenvalue weighted by molar-refractivity contribution is -0.406. The summed E-state index contributed by atoms with van der Waals surface area (Å²) in [6, 6.07) is 5.46. The Morgan fingerprint density at radius 3 is 1.61 bits per heavy atom. The van der Waals surface area contributed by atoms with Crippen molar-refractivity contribution in [1.82, 2.24) is 0 Å². The van der Waals surface area contributed by atoms with Crippen molar-refractivity contribution in [3.63, 3.8) is 0 Å². The molecule has 192 valence electrons. The quantitative estimate of drug-likeness (QED) is 0.148. The zero-order chi connectivity index (χ0) is 24.6. The molecule has 0 amide bonds. The van der Waals surface area contributed by atoms with Gasteiger partial charge in [-0.15, -0.1) is 0 Å². The van der Waals surface area contributed by atoms with Crippen molar-refractivity contribution in [1.29, 1.82) is 0 Å². The first-order valence-corrected chi connectivity index (χ1v) is 12.9. The predicted octanol–water partition coefficient (Wildman–Crippen LogP) is 8.55. The second-order valence-electron chi connectivity index (χ2n) is 8.80. The third-order valence-corrected chi connectivity index (χ3v) is 5.69. The topological polar surface area (TPSA) is 27.7 Å². The summed E-state index contributed by atoms with van der Waals surface area (Å²) in [4.78, 5) is 0. The maximum atomic E-state index is 13.0. The zero-order valence-electron chi connectivity index (χ0n) is 21.1. The van der Waals surface area contributed by atoms with Crippen molar-refractivity contribution < 1.29 is 27.4 Å². The third-order valence-electron chi connectivity index (χ3n) is 5.69. The van der Waals surface area contributed by atoms with Crippen LogP contribution < -0.4 is 0 Å². The van der Waals surface area contributed by atoms with Gasteiger partial charge in [0.05, 0.1) is 25.4 Å². The van der Waals surface area contributed by atoms with Gasteiger partial charge >= 0.3 is 6.18 Å². The minimum absolute atomic E-state index is 0.106. The molecule has 0 aliphatic carbocycles. The summed E-state index contributed by atoms with van der Waals surface area (Å²) >= 11 is 0. The molecule has 1 aromatic carbocycles. The molecule has 1 unspecified atom stereocenters. The lowest BCUT2D eigenvalue weighted by atomic mass is 9.90. The third kappa shape index (κ3) is 11.2. The molecular formula is C27H45F3O3. The molecule has 1 atom stereocenters. The molecule has 0 radical (unpaired) electrons. The Bertz CT molecular complexity index is 580. The van der Waals surface area contributed by atoms with Gasteiger partial charge in [-0.2, -0.15) is 13.2 Å². The van der Waals surface area contributed by atoms with E-state index in [9.17, 15) is 13.2 Å². The van der Waals surface area contributed by atoms with E-state index in [2.05, 4.69) is 6.92 Å². The first-order valence-electron chi connectivity index (χ1n) is 12.9. The summed E-state index contributed by atoms with van der Waals surface area (Å²) < 4.78 is 57.9. The van der Waals surface area contributed by atoms with Gasteiger partial charge in [-0.25, -0.2) is 0 Å². The van der Waals surface area contributed by atoms with E-state index >= 15 is 0 Å². The second-order valence-corrected chi connectivity index (χ2v) is 8.80. The van der Waals surface area contributed by atoms with Crippen LogP contribution in [0.5, 0.6) is 0 Å². The average Bonchev–Trinajstić information content (AvgIpc) is 2.80. The number of ether oxygens (including phenoxy) is 3. The van der Waals surface area contributed by atoms with E-state index in [0.29, 0.717) is 26.2 Å². The lowest BCUT2D eigenvalue weighted by Crippen LogP contribution is -2.48. The van der Waals surface area contributed by atoms with Crippen molar-refractivity contribution in [3.05, 3.63) is 35.4 Å². The van der Waals surface area contributed by atoms with Crippen molar-refractivity contribution in [3.8, 4) is 0 Å². The van der Waals surface area contributed by atoms with Gasteiger partial charge in [-0.3, -0.25) is 0 Å². The minimum atomic E-state index is -4.33. The van der Waals surface area contributed by atoms with Gasteiger partial charge in [0, 0.05) is 5.92 Å². The summed E-state index contributed by atoms with van der Waals surface area (Å²) in [6.45, 7) is 9.86. The summed E-state index contributed by atoms with van der Waals surface area (Å²) in [6.07, 6.45) is 6.55. The summed E-state index contributed by atoms with van der Waals surface area (Å²) in [7, 11) is 0. The van der Waals surface area contributed by atoms with E-state index in [1.807, 2.05) is 20.8 Å². The van der Waals surface area contributed by atoms with E-state index in [1.165, 1.54) is 25.7 Å². The molecule has 0 aliphatic rings. The number of hydrogen-bond donors (Lipinski definition) is 0. The maximum absolute atomic E-state index is 13.0. The predicted molar refractivity (Wildman–Crippen MR) is 128 cm³/mol. The van der Waals surface area contributed by atoms with Crippen molar-refractivity contribution in [2.75, 3.05) is 19.8 Å². The molecule has 0 aromatic heterocycles. The van der Waals surface area contributed by atoms with Crippen LogP contribution in [0.1, 0.15) is 103 Å².